The van der Waals surface area contributed by atoms with Crippen molar-refractivity contribution in [2.24, 2.45) is 0 Å². The van der Waals surface area contributed by atoms with Crippen LogP contribution in [-0.2, 0) is 24.8 Å². The number of benzene rings is 3. The average Bonchev–Trinajstić information content (AvgIpc) is 2.74. The lowest BCUT2D eigenvalue weighted by molar-refractivity contribution is -0.116. The first-order chi connectivity index (χ1) is 16.7. The lowest BCUT2D eigenvalue weighted by Crippen LogP contribution is -2.45. The summed E-state index contributed by atoms with van der Waals surface area (Å²) in [5.41, 5.74) is 1.36. The molecule has 192 valence electrons. The molecule has 13 heteroatoms. The van der Waals surface area contributed by atoms with E-state index in [4.69, 9.17) is 34.8 Å². The van der Waals surface area contributed by atoms with Gasteiger partial charge in [-0.2, -0.15) is 0 Å². The molecule has 0 saturated carbocycles. The van der Waals surface area contributed by atoms with Crippen LogP contribution in [0.5, 0.6) is 0 Å². The highest BCUT2D eigenvalue weighted by atomic mass is 35.5. The molecule has 3 aromatic rings. The van der Waals surface area contributed by atoms with Crippen LogP contribution in [0.4, 0.5) is 17.1 Å². The molecule has 8 nitrogen and oxygen atoms in total. The molecule has 0 aliphatic carbocycles. The molecule has 0 radical (unpaired) electrons. The molecule has 3 aromatic carbocycles. The lowest BCUT2D eigenvalue weighted by atomic mass is 10.1. The predicted molar refractivity (Wildman–Crippen MR) is 145 cm³/mol. The normalized spacial score (nSPS) is 12.6. The number of carbonyl (C=O) groups is 1. The molecule has 0 heterocycles. The number of halogens is 3. The largest absolute Gasteiger partial charge is 0.324 e. The van der Waals surface area contributed by atoms with Crippen LogP contribution in [0.2, 0.25) is 15.1 Å². The van der Waals surface area contributed by atoms with Gasteiger partial charge in [0.1, 0.15) is 6.04 Å². The topological polar surface area (TPSA) is 113 Å². The number of hydrogen-bond acceptors (Lipinski definition) is 5. The number of sulfonamides is 2. The van der Waals surface area contributed by atoms with E-state index >= 15 is 0 Å². The van der Waals surface area contributed by atoms with E-state index in [1.807, 2.05) is 0 Å². The van der Waals surface area contributed by atoms with Gasteiger partial charge in [-0.15, -0.1) is 0 Å². The van der Waals surface area contributed by atoms with Gasteiger partial charge in [-0.3, -0.25) is 13.8 Å². The molecular formula is C23H22Cl3N3O5S2. The molecule has 36 heavy (non-hydrogen) atoms. The van der Waals surface area contributed by atoms with E-state index in [0.29, 0.717) is 10.6 Å². The van der Waals surface area contributed by atoms with Crippen molar-refractivity contribution in [3.63, 3.8) is 0 Å². The van der Waals surface area contributed by atoms with Crippen molar-refractivity contribution in [1.29, 1.82) is 0 Å². The number of nitrogens with one attached hydrogen (secondary N) is 2. The maximum absolute atomic E-state index is 13.0. The quantitative estimate of drug-likeness (QED) is 0.357. The molecule has 0 spiro atoms. The van der Waals surface area contributed by atoms with Crippen molar-refractivity contribution in [1.82, 2.24) is 0 Å². The summed E-state index contributed by atoms with van der Waals surface area (Å²) in [6.07, 6.45) is 0.997. The number of rotatable bonds is 8. The van der Waals surface area contributed by atoms with Crippen LogP contribution in [-0.4, -0.2) is 35.0 Å². The Morgan fingerprint density at radius 2 is 1.42 bits per heavy atom. The van der Waals surface area contributed by atoms with E-state index in [1.54, 1.807) is 19.1 Å². The van der Waals surface area contributed by atoms with Crippen molar-refractivity contribution in [3.8, 4) is 0 Å². The minimum absolute atomic E-state index is 0.0723. The zero-order chi connectivity index (χ0) is 26.8. The SMILES string of the molecule is Cc1ccc(Cl)cc1N(C(C)C(=O)Nc1ccc(S(=O)(=O)Nc2cc(Cl)cc(Cl)c2)cc1)S(C)(=O)=O. The van der Waals surface area contributed by atoms with Crippen LogP contribution in [0.15, 0.2) is 65.6 Å². The van der Waals surface area contributed by atoms with E-state index in [9.17, 15) is 21.6 Å². The van der Waals surface area contributed by atoms with Gasteiger partial charge in [-0.25, -0.2) is 16.8 Å². The molecule has 1 amide bonds. The first kappa shape index (κ1) is 28.1. The summed E-state index contributed by atoms with van der Waals surface area (Å²) in [6, 6.07) is 13.3. The van der Waals surface area contributed by atoms with Gasteiger partial charge >= 0.3 is 0 Å². The number of nitrogens with zero attached hydrogens (tertiary/aromatic N) is 1. The van der Waals surface area contributed by atoms with Gasteiger partial charge < -0.3 is 5.32 Å². The molecule has 0 bridgehead atoms. The molecule has 1 atom stereocenters. The maximum Gasteiger partial charge on any atom is 0.261 e. The van der Waals surface area contributed by atoms with E-state index < -0.39 is 32.0 Å². The Kier molecular flexibility index (Phi) is 8.47. The Hall–Kier alpha value is -2.50. The standard InChI is InChI=1S/C23H22Cl3N3O5S2/c1-14-4-5-16(24)13-22(14)29(35(3,31)32)15(2)23(30)27-19-6-8-21(9-7-19)36(33,34)28-20-11-17(25)10-18(26)12-20/h4-13,15,28H,1-3H3,(H,27,30). The van der Waals surface area contributed by atoms with Gasteiger partial charge in [0.15, 0.2) is 0 Å². The maximum atomic E-state index is 13.0. The highest BCUT2D eigenvalue weighted by molar-refractivity contribution is 7.92. The van der Waals surface area contributed by atoms with Crippen LogP contribution >= 0.6 is 34.8 Å². The summed E-state index contributed by atoms with van der Waals surface area (Å²) in [4.78, 5) is 12.9. The molecule has 2 N–H and O–H groups in total. The minimum Gasteiger partial charge on any atom is -0.324 e. The Bertz CT molecular complexity index is 1490. The van der Waals surface area contributed by atoms with Crippen molar-refractivity contribution in [2.75, 3.05) is 20.6 Å². The smallest absolute Gasteiger partial charge is 0.261 e. The number of hydrogen-bond donors (Lipinski definition) is 2. The fraction of sp³-hybridized carbons (Fsp3) is 0.174. The van der Waals surface area contributed by atoms with E-state index in [1.165, 1.54) is 55.5 Å². The van der Waals surface area contributed by atoms with E-state index in [0.717, 1.165) is 10.6 Å². The first-order valence-corrected chi connectivity index (χ1v) is 14.8. The number of aryl methyl sites for hydroxylation is 1. The Balaban J connectivity index is 1.80. The number of amides is 1. The van der Waals surface area contributed by atoms with E-state index in [2.05, 4.69) is 10.0 Å². The molecule has 0 aromatic heterocycles. The second-order valence-corrected chi connectivity index (χ2v) is 12.8. The lowest BCUT2D eigenvalue weighted by Gasteiger charge is -2.29. The second kappa shape index (κ2) is 10.9. The van der Waals surface area contributed by atoms with Gasteiger partial charge in [0.2, 0.25) is 15.9 Å². The average molecular weight is 591 g/mol. The third kappa shape index (κ3) is 6.83. The molecule has 0 aliphatic rings. The summed E-state index contributed by atoms with van der Waals surface area (Å²) in [5, 5.41) is 3.47. The molecule has 3 rings (SSSR count). The van der Waals surface area contributed by atoms with Crippen molar-refractivity contribution < 1.29 is 21.6 Å². The molecule has 0 fully saturated rings. The zero-order valence-corrected chi connectivity index (χ0v) is 23.2. The Morgan fingerprint density at radius 1 is 0.833 bits per heavy atom. The highest BCUT2D eigenvalue weighted by Gasteiger charge is 2.30. The summed E-state index contributed by atoms with van der Waals surface area (Å²) < 4.78 is 53.9. The molecule has 0 saturated heterocycles. The van der Waals surface area contributed by atoms with Gasteiger partial charge in [0.05, 0.1) is 22.5 Å². The monoisotopic (exact) mass is 589 g/mol. The van der Waals surface area contributed by atoms with Gasteiger partial charge in [-0.05, 0) is 74.0 Å². The third-order valence-corrected chi connectivity index (χ3v) is 8.34. The van der Waals surface area contributed by atoms with Crippen LogP contribution in [0.25, 0.3) is 0 Å². The van der Waals surface area contributed by atoms with Gasteiger partial charge in [-0.1, -0.05) is 40.9 Å². The predicted octanol–water partition coefficient (Wildman–Crippen LogP) is 5.55. The Morgan fingerprint density at radius 3 is 1.97 bits per heavy atom. The van der Waals surface area contributed by atoms with E-state index in [-0.39, 0.29) is 32.0 Å². The number of carbonyl (C=O) groups excluding carboxylic acids is 1. The summed E-state index contributed by atoms with van der Waals surface area (Å²) in [5.74, 6) is -0.623. The van der Waals surface area contributed by atoms with Crippen LogP contribution in [0, 0.1) is 6.92 Å². The summed E-state index contributed by atoms with van der Waals surface area (Å²) in [6.45, 7) is 3.15. The Labute approximate surface area is 225 Å². The van der Waals surface area contributed by atoms with Crippen molar-refractivity contribution >= 4 is 77.8 Å². The number of anilines is 3. The van der Waals surface area contributed by atoms with Crippen LogP contribution < -0.4 is 14.3 Å². The summed E-state index contributed by atoms with van der Waals surface area (Å²) >= 11 is 17.9. The zero-order valence-electron chi connectivity index (χ0n) is 19.3. The molecular weight excluding hydrogens is 569 g/mol. The van der Waals surface area contributed by atoms with Gasteiger partial charge in [0.25, 0.3) is 10.0 Å². The fourth-order valence-corrected chi connectivity index (χ4v) is 6.35. The van der Waals surface area contributed by atoms with Crippen molar-refractivity contribution in [2.45, 2.75) is 24.8 Å². The van der Waals surface area contributed by atoms with Crippen LogP contribution in [0.3, 0.4) is 0 Å². The van der Waals surface area contributed by atoms with Gasteiger partial charge in [0, 0.05) is 20.8 Å². The first-order valence-electron chi connectivity index (χ1n) is 10.3. The second-order valence-electron chi connectivity index (χ2n) is 7.94. The minimum atomic E-state index is -3.97. The highest BCUT2D eigenvalue weighted by Crippen LogP contribution is 2.29. The fourth-order valence-electron chi connectivity index (χ4n) is 3.39. The molecule has 1 unspecified atom stereocenters. The molecule has 0 aliphatic heterocycles. The van der Waals surface area contributed by atoms with Crippen molar-refractivity contribution in [3.05, 3.63) is 81.3 Å². The third-order valence-electron chi connectivity index (χ3n) is 5.04. The summed E-state index contributed by atoms with van der Waals surface area (Å²) in [7, 11) is -7.81. The van der Waals surface area contributed by atoms with Crippen LogP contribution in [0.1, 0.15) is 12.5 Å².